The fraction of sp³-hybridized carbons (Fsp3) is 0.300. The molecule has 5 heteroatoms. The van der Waals surface area contributed by atoms with E-state index in [1.165, 1.54) is 0 Å². The highest BCUT2D eigenvalue weighted by Gasteiger charge is 2.19. The van der Waals surface area contributed by atoms with E-state index in [-0.39, 0.29) is 6.04 Å². The van der Waals surface area contributed by atoms with Crippen LogP contribution in [0, 0.1) is 13.8 Å². The molecule has 5 nitrogen and oxygen atoms in total. The van der Waals surface area contributed by atoms with Crippen molar-refractivity contribution >= 4 is 17.5 Å². The maximum absolute atomic E-state index is 12.0. The van der Waals surface area contributed by atoms with Crippen LogP contribution in [0.4, 0.5) is 5.69 Å². The Hall–Kier alpha value is -2.66. The molecule has 0 aliphatic rings. The highest BCUT2D eigenvalue weighted by atomic mass is 16.3. The topological polar surface area (TPSA) is 78.4 Å². The molecule has 0 fully saturated rings. The van der Waals surface area contributed by atoms with Gasteiger partial charge in [0.2, 0.25) is 0 Å². The molecule has 2 atom stereocenters. The molecule has 0 aliphatic carbocycles. The molecule has 2 unspecified atom stereocenters. The number of carbonyl (C=O) groups is 2. The minimum atomic E-state index is -0.717. The van der Waals surface area contributed by atoms with E-state index in [9.17, 15) is 14.7 Å². The molecule has 2 aromatic rings. The zero-order valence-corrected chi connectivity index (χ0v) is 14.7. The summed E-state index contributed by atoms with van der Waals surface area (Å²) in [5, 5.41) is 15.4. The molecule has 0 spiro atoms. The second-order valence-electron chi connectivity index (χ2n) is 6.37. The van der Waals surface area contributed by atoms with Crippen LogP contribution in [0.25, 0.3) is 0 Å². The standard InChI is InChI=1S/C20H24N2O3/c1-13-9-14(2)11-17(10-13)22-20(25)19(24)21-15(3)12-18(23)16-7-5-4-6-8-16/h4-11,15,18,23H,12H2,1-3H3,(H,21,24)(H,22,25). The number of nitrogens with one attached hydrogen (secondary N) is 2. The average molecular weight is 340 g/mol. The van der Waals surface area contributed by atoms with Crippen molar-refractivity contribution in [2.75, 3.05) is 5.32 Å². The van der Waals surface area contributed by atoms with E-state index in [0.717, 1.165) is 16.7 Å². The second-order valence-corrected chi connectivity index (χ2v) is 6.37. The zero-order chi connectivity index (χ0) is 18.4. The number of benzene rings is 2. The van der Waals surface area contributed by atoms with E-state index >= 15 is 0 Å². The number of anilines is 1. The molecule has 2 rings (SSSR count). The van der Waals surface area contributed by atoms with Gasteiger partial charge in [0, 0.05) is 11.7 Å². The summed E-state index contributed by atoms with van der Waals surface area (Å²) in [4.78, 5) is 24.1. The third-order valence-corrected chi connectivity index (χ3v) is 3.82. The molecule has 0 radical (unpaired) electrons. The summed E-state index contributed by atoms with van der Waals surface area (Å²) in [6.45, 7) is 5.61. The van der Waals surface area contributed by atoms with Gasteiger partial charge in [-0.05, 0) is 56.0 Å². The van der Waals surface area contributed by atoms with Crippen molar-refractivity contribution in [2.45, 2.75) is 39.3 Å². The summed E-state index contributed by atoms with van der Waals surface area (Å²) in [7, 11) is 0. The van der Waals surface area contributed by atoms with Gasteiger partial charge in [-0.2, -0.15) is 0 Å². The summed E-state index contributed by atoms with van der Waals surface area (Å²) >= 11 is 0. The number of hydrogen-bond acceptors (Lipinski definition) is 3. The van der Waals surface area contributed by atoms with E-state index in [2.05, 4.69) is 10.6 Å². The molecular formula is C20H24N2O3. The second kappa shape index (κ2) is 8.44. The molecule has 0 aromatic heterocycles. The SMILES string of the molecule is Cc1cc(C)cc(NC(=O)C(=O)NC(C)CC(O)c2ccccc2)c1. The van der Waals surface area contributed by atoms with Crippen LogP contribution >= 0.6 is 0 Å². The third kappa shape index (κ3) is 5.72. The Kier molecular flexibility index (Phi) is 6.31. The zero-order valence-electron chi connectivity index (χ0n) is 14.7. The van der Waals surface area contributed by atoms with Crippen molar-refractivity contribution in [3.05, 3.63) is 65.2 Å². The first kappa shape index (κ1) is 18.7. The Labute approximate surface area is 148 Å². The normalized spacial score (nSPS) is 13.0. The van der Waals surface area contributed by atoms with Crippen molar-refractivity contribution in [3.63, 3.8) is 0 Å². The van der Waals surface area contributed by atoms with Crippen molar-refractivity contribution in [2.24, 2.45) is 0 Å². The summed E-state index contributed by atoms with van der Waals surface area (Å²) in [6.07, 6.45) is -0.369. The van der Waals surface area contributed by atoms with Crippen molar-refractivity contribution in [3.8, 4) is 0 Å². The van der Waals surface area contributed by atoms with Crippen LogP contribution in [0.2, 0.25) is 0 Å². The number of aliphatic hydroxyl groups is 1. The van der Waals surface area contributed by atoms with Gasteiger partial charge in [-0.25, -0.2) is 0 Å². The fourth-order valence-corrected chi connectivity index (χ4v) is 2.73. The van der Waals surface area contributed by atoms with Gasteiger partial charge in [0.15, 0.2) is 0 Å². The minimum absolute atomic E-state index is 0.326. The molecular weight excluding hydrogens is 316 g/mol. The molecule has 2 aromatic carbocycles. The predicted molar refractivity (Wildman–Crippen MR) is 98.2 cm³/mol. The first-order valence-electron chi connectivity index (χ1n) is 8.28. The molecule has 25 heavy (non-hydrogen) atoms. The van der Waals surface area contributed by atoms with Crippen LogP contribution in [-0.2, 0) is 9.59 Å². The molecule has 2 amide bonds. The average Bonchev–Trinajstić information content (AvgIpc) is 2.54. The monoisotopic (exact) mass is 340 g/mol. The molecule has 132 valence electrons. The quantitative estimate of drug-likeness (QED) is 0.732. The van der Waals surface area contributed by atoms with Crippen LogP contribution < -0.4 is 10.6 Å². The Morgan fingerprint density at radius 3 is 2.20 bits per heavy atom. The molecule has 0 saturated heterocycles. The van der Waals surface area contributed by atoms with Crippen LogP contribution in [0.3, 0.4) is 0 Å². The van der Waals surface area contributed by atoms with E-state index in [0.29, 0.717) is 12.1 Å². The summed E-state index contributed by atoms with van der Waals surface area (Å²) in [6, 6.07) is 14.5. The van der Waals surface area contributed by atoms with Gasteiger partial charge in [0.25, 0.3) is 0 Å². The Morgan fingerprint density at radius 1 is 1.00 bits per heavy atom. The summed E-state index contributed by atoms with van der Waals surface area (Å²) in [5.41, 5.74) is 3.39. The van der Waals surface area contributed by atoms with E-state index in [1.54, 1.807) is 19.1 Å². The number of hydrogen-bond donors (Lipinski definition) is 3. The van der Waals surface area contributed by atoms with Gasteiger partial charge in [0.05, 0.1) is 6.10 Å². The van der Waals surface area contributed by atoms with Crippen molar-refractivity contribution < 1.29 is 14.7 Å². The summed E-state index contributed by atoms with van der Waals surface area (Å²) < 4.78 is 0. The van der Waals surface area contributed by atoms with Gasteiger partial charge in [-0.1, -0.05) is 36.4 Å². The number of carbonyl (C=O) groups excluding carboxylic acids is 2. The minimum Gasteiger partial charge on any atom is -0.388 e. The lowest BCUT2D eigenvalue weighted by Crippen LogP contribution is -2.41. The van der Waals surface area contributed by atoms with Crippen LogP contribution in [0.1, 0.15) is 36.1 Å². The largest absolute Gasteiger partial charge is 0.388 e. The van der Waals surface area contributed by atoms with Crippen LogP contribution in [-0.4, -0.2) is 23.0 Å². The van der Waals surface area contributed by atoms with E-state index < -0.39 is 17.9 Å². The lowest BCUT2D eigenvalue weighted by molar-refractivity contribution is -0.136. The summed E-state index contributed by atoms with van der Waals surface area (Å²) in [5.74, 6) is -1.43. The van der Waals surface area contributed by atoms with Gasteiger partial charge in [-0.3, -0.25) is 9.59 Å². The maximum Gasteiger partial charge on any atom is 0.313 e. The van der Waals surface area contributed by atoms with E-state index in [1.807, 2.05) is 50.2 Å². The highest BCUT2D eigenvalue weighted by Crippen LogP contribution is 2.18. The number of aryl methyl sites for hydroxylation is 2. The number of rotatable bonds is 5. The number of amides is 2. The molecule has 3 N–H and O–H groups in total. The number of aliphatic hydroxyl groups excluding tert-OH is 1. The van der Waals surface area contributed by atoms with Gasteiger partial charge in [-0.15, -0.1) is 0 Å². The van der Waals surface area contributed by atoms with Crippen LogP contribution in [0.15, 0.2) is 48.5 Å². The van der Waals surface area contributed by atoms with Crippen molar-refractivity contribution in [1.82, 2.24) is 5.32 Å². The fourth-order valence-electron chi connectivity index (χ4n) is 2.73. The third-order valence-electron chi connectivity index (χ3n) is 3.82. The molecule has 0 bridgehead atoms. The first-order chi connectivity index (χ1) is 11.8. The predicted octanol–water partition coefficient (Wildman–Crippen LogP) is 2.87. The van der Waals surface area contributed by atoms with Crippen LogP contribution in [0.5, 0.6) is 0 Å². The Bertz CT molecular complexity index is 724. The molecule has 0 saturated carbocycles. The lowest BCUT2D eigenvalue weighted by atomic mass is 10.0. The Morgan fingerprint density at radius 2 is 1.60 bits per heavy atom. The smallest absolute Gasteiger partial charge is 0.313 e. The maximum atomic E-state index is 12.0. The van der Waals surface area contributed by atoms with Gasteiger partial charge >= 0.3 is 11.8 Å². The van der Waals surface area contributed by atoms with E-state index in [4.69, 9.17) is 0 Å². The van der Waals surface area contributed by atoms with Crippen molar-refractivity contribution in [1.29, 1.82) is 0 Å². The molecule has 0 heterocycles. The van der Waals surface area contributed by atoms with Gasteiger partial charge in [0.1, 0.15) is 0 Å². The lowest BCUT2D eigenvalue weighted by Gasteiger charge is -2.18. The Balaban J connectivity index is 1.88. The first-order valence-corrected chi connectivity index (χ1v) is 8.28. The molecule has 0 aliphatic heterocycles. The van der Waals surface area contributed by atoms with Gasteiger partial charge < -0.3 is 15.7 Å². The highest BCUT2D eigenvalue weighted by molar-refractivity contribution is 6.39.